The van der Waals surface area contributed by atoms with Crippen LogP contribution in [0.4, 0.5) is 0 Å². The van der Waals surface area contributed by atoms with Gasteiger partial charge in [-0.05, 0) is 61.0 Å². The van der Waals surface area contributed by atoms with Crippen molar-refractivity contribution in [2.24, 2.45) is 5.92 Å². The van der Waals surface area contributed by atoms with Crippen LogP contribution in [-0.4, -0.2) is 24.2 Å². The molecule has 3 aromatic rings. The van der Waals surface area contributed by atoms with Gasteiger partial charge in [-0.3, -0.25) is 0 Å². The van der Waals surface area contributed by atoms with Gasteiger partial charge in [-0.25, -0.2) is 4.79 Å². The van der Waals surface area contributed by atoms with Gasteiger partial charge in [0.25, 0.3) is 0 Å². The summed E-state index contributed by atoms with van der Waals surface area (Å²) in [5, 5.41) is 13.2. The minimum atomic E-state index is -0.980. The fourth-order valence-corrected chi connectivity index (χ4v) is 4.84. The number of halogens is 1. The third-order valence-electron chi connectivity index (χ3n) is 6.18. The van der Waals surface area contributed by atoms with Gasteiger partial charge < -0.3 is 10.4 Å². The Labute approximate surface area is 182 Å². The predicted octanol–water partition coefficient (Wildman–Crippen LogP) is 5.57. The first kappa shape index (κ1) is 20.6. The van der Waals surface area contributed by atoms with Crippen LogP contribution < -0.4 is 5.32 Å². The van der Waals surface area contributed by atoms with Crippen LogP contribution in [0.2, 0.25) is 5.02 Å². The van der Waals surface area contributed by atoms with E-state index in [0.29, 0.717) is 10.9 Å². The highest BCUT2D eigenvalue weighted by atomic mass is 35.5. The van der Waals surface area contributed by atoms with E-state index >= 15 is 0 Å². The summed E-state index contributed by atoms with van der Waals surface area (Å²) in [5.74, 6) is -0.409. The number of carboxylic acid groups (broad SMARTS) is 1. The van der Waals surface area contributed by atoms with E-state index in [4.69, 9.17) is 11.6 Å². The Hall–Kier alpha value is -2.62. The molecule has 1 unspecified atom stereocenters. The van der Waals surface area contributed by atoms with E-state index in [0.717, 1.165) is 37.9 Å². The summed E-state index contributed by atoms with van der Waals surface area (Å²) >= 11 is 6.25. The largest absolute Gasteiger partial charge is 0.478 e. The lowest BCUT2D eigenvalue weighted by atomic mass is 9.86. The molecule has 0 bridgehead atoms. The van der Waals surface area contributed by atoms with Crippen molar-refractivity contribution < 1.29 is 9.90 Å². The van der Waals surface area contributed by atoms with Crippen LogP contribution in [0.25, 0.3) is 0 Å². The maximum atomic E-state index is 11.2. The molecule has 1 atom stereocenters. The van der Waals surface area contributed by atoms with Gasteiger partial charge in [-0.1, -0.05) is 84.4 Å². The van der Waals surface area contributed by atoms with Crippen molar-refractivity contribution in [2.75, 3.05) is 13.1 Å². The maximum Gasteiger partial charge on any atom is 0.337 e. The molecule has 2 N–H and O–H groups in total. The van der Waals surface area contributed by atoms with Crippen LogP contribution >= 0.6 is 11.6 Å². The first-order valence-corrected chi connectivity index (χ1v) is 10.8. The molecular formula is C26H26ClNO2. The van der Waals surface area contributed by atoms with Crippen LogP contribution in [0, 0.1) is 5.92 Å². The van der Waals surface area contributed by atoms with Gasteiger partial charge >= 0.3 is 5.97 Å². The Balaban J connectivity index is 1.34. The van der Waals surface area contributed by atoms with E-state index < -0.39 is 5.97 Å². The number of benzene rings is 3. The first-order chi connectivity index (χ1) is 14.6. The number of nitrogens with one attached hydrogen (secondary N) is 1. The van der Waals surface area contributed by atoms with Gasteiger partial charge in [0, 0.05) is 5.41 Å². The number of rotatable bonds is 9. The second-order valence-corrected chi connectivity index (χ2v) is 8.37. The van der Waals surface area contributed by atoms with Crippen molar-refractivity contribution in [3.63, 3.8) is 0 Å². The molecule has 3 nitrogen and oxygen atoms in total. The standard InChI is InChI=1S/C26H26ClNO2/c27-24-19(9-7-15-23(24)25(29)30)10-8-16-28-18-22-17-26(22,20-11-3-1-4-12-20)21-13-5-2-6-14-21/h1-7,9,11-15,22,28H,8,10,16-18H2,(H,29,30). The van der Waals surface area contributed by atoms with Crippen molar-refractivity contribution in [3.8, 4) is 0 Å². The van der Waals surface area contributed by atoms with Crippen LogP contribution in [0.3, 0.4) is 0 Å². The third kappa shape index (κ3) is 4.14. The first-order valence-electron chi connectivity index (χ1n) is 10.5. The van der Waals surface area contributed by atoms with Crippen LogP contribution in [0.15, 0.2) is 78.9 Å². The van der Waals surface area contributed by atoms with Crippen molar-refractivity contribution >= 4 is 17.6 Å². The second kappa shape index (κ2) is 9.03. The smallest absolute Gasteiger partial charge is 0.337 e. The summed E-state index contributed by atoms with van der Waals surface area (Å²) in [5.41, 5.74) is 3.96. The van der Waals surface area contributed by atoms with Crippen molar-refractivity contribution in [3.05, 3.63) is 106 Å². The summed E-state index contributed by atoms with van der Waals surface area (Å²) in [6, 6.07) is 26.8. The summed E-state index contributed by atoms with van der Waals surface area (Å²) in [7, 11) is 0. The molecule has 0 radical (unpaired) electrons. The fraction of sp³-hybridized carbons (Fsp3) is 0.269. The quantitative estimate of drug-likeness (QED) is 0.446. The van der Waals surface area contributed by atoms with Crippen LogP contribution in [0.5, 0.6) is 0 Å². The van der Waals surface area contributed by atoms with E-state index in [-0.39, 0.29) is 11.0 Å². The molecule has 154 valence electrons. The normalized spacial score (nSPS) is 16.9. The molecule has 1 aliphatic rings. The number of hydrogen-bond donors (Lipinski definition) is 2. The molecule has 0 spiro atoms. The van der Waals surface area contributed by atoms with Gasteiger partial charge in [-0.2, -0.15) is 0 Å². The Morgan fingerprint density at radius 3 is 2.20 bits per heavy atom. The zero-order valence-corrected chi connectivity index (χ0v) is 17.6. The topological polar surface area (TPSA) is 49.3 Å². The third-order valence-corrected chi connectivity index (χ3v) is 6.63. The molecule has 1 fully saturated rings. The van der Waals surface area contributed by atoms with E-state index in [2.05, 4.69) is 66.0 Å². The van der Waals surface area contributed by atoms with Gasteiger partial charge in [0.2, 0.25) is 0 Å². The molecule has 4 heteroatoms. The van der Waals surface area contributed by atoms with Gasteiger partial charge in [-0.15, -0.1) is 0 Å². The molecular weight excluding hydrogens is 394 g/mol. The maximum absolute atomic E-state index is 11.2. The number of aryl methyl sites for hydroxylation is 1. The number of carboxylic acids is 1. The Kier molecular flexibility index (Phi) is 6.21. The van der Waals surface area contributed by atoms with E-state index in [1.54, 1.807) is 12.1 Å². The summed E-state index contributed by atoms with van der Waals surface area (Å²) in [4.78, 5) is 11.2. The highest BCUT2D eigenvalue weighted by Gasteiger charge is 2.55. The van der Waals surface area contributed by atoms with Crippen LogP contribution in [0.1, 0.15) is 39.9 Å². The monoisotopic (exact) mass is 419 g/mol. The Morgan fingerprint density at radius 1 is 0.967 bits per heavy atom. The predicted molar refractivity (Wildman–Crippen MR) is 121 cm³/mol. The molecule has 3 aromatic carbocycles. The van der Waals surface area contributed by atoms with Crippen molar-refractivity contribution in [1.29, 1.82) is 0 Å². The number of aromatic carboxylic acids is 1. The van der Waals surface area contributed by atoms with E-state index in [1.807, 2.05) is 6.07 Å². The molecule has 0 aromatic heterocycles. The molecule has 30 heavy (non-hydrogen) atoms. The number of hydrogen-bond acceptors (Lipinski definition) is 2. The molecule has 4 rings (SSSR count). The van der Waals surface area contributed by atoms with Crippen LogP contribution in [-0.2, 0) is 11.8 Å². The summed E-state index contributed by atoms with van der Waals surface area (Å²) in [6.07, 6.45) is 2.83. The molecule has 0 amide bonds. The zero-order valence-electron chi connectivity index (χ0n) is 16.9. The van der Waals surface area contributed by atoms with Crippen molar-refractivity contribution in [1.82, 2.24) is 5.32 Å². The lowest BCUT2D eigenvalue weighted by Crippen LogP contribution is -2.23. The second-order valence-electron chi connectivity index (χ2n) is 8.00. The van der Waals surface area contributed by atoms with Gasteiger partial charge in [0.1, 0.15) is 0 Å². The minimum Gasteiger partial charge on any atom is -0.478 e. The fourth-order valence-electron chi connectivity index (χ4n) is 4.54. The summed E-state index contributed by atoms with van der Waals surface area (Å²) < 4.78 is 0. The molecule has 0 saturated heterocycles. The molecule has 0 aliphatic heterocycles. The molecule has 1 aliphatic carbocycles. The van der Waals surface area contributed by atoms with E-state index in [9.17, 15) is 9.90 Å². The van der Waals surface area contributed by atoms with E-state index in [1.165, 1.54) is 11.1 Å². The SMILES string of the molecule is O=C(O)c1cccc(CCCNCC2CC2(c2ccccc2)c2ccccc2)c1Cl. The average molecular weight is 420 g/mol. The molecule has 0 heterocycles. The Morgan fingerprint density at radius 2 is 1.60 bits per heavy atom. The lowest BCUT2D eigenvalue weighted by molar-refractivity contribution is 0.0697. The van der Waals surface area contributed by atoms with Gasteiger partial charge in [0.05, 0.1) is 10.6 Å². The number of carbonyl (C=O) groups is 1. The highest BCUT2D eigenvalue weighted by molar-refractivity contribution is 6.34. The van der Waals surface area contributed by atoms with Gasteiger partial charge in [0.15, 0.2) is 0 Å². The lowest BCUT2D eigenvalue weighted by Gasteiger charge is -2.19. The Bertz CT molecular complexity index is 965. The highest BCUT2D eigenvalue weighted by Crippen LogP contribution is 2.58. The summed E-state index contributed by atoms with van der Waals surface area (Å²) in [6.45, 7) is 1.84. The molecule has 1 saturated carbocycles. The minimum absolute atomic E-state index is 0.106. The van der Waals surface area contributed by atoms with Crippen molar-refractivity contribution in [2.45, 2.75) is 24.7 Å². The average Bonchev–Trinajstić information content (AvgIpc) is 3.51. The zero-order chi connectivity index (χ0) is 21.0.